The van der Waals surface area contributed by atoms with Crippen molar-refractivity contribution in [2.45, 2.75) is 24.9 Å². The number of carbonyl (C=O) groups excluding carboxylic acids is 1. The van der Waals surface area contributed by atoms with Gasteiger partial charge in [0.15, 0.2) is 22.9 Å². The van der Waals surface area contributed by atoms with Gasteiger partial charge in [-0.05, 0) is 37.0 Å². The summed E-state index contributed by atoms with van der Waals surface area (Å²) in [6.45, 7) is 1.78. The summed E-state index contributed by atoms with van der Waals surface area (Å²) in [6.07, 6.45) is 8.05. The van der Waals surface area contributed by atoms with Crippen LogP contribution in [0.4, 0.5) is 0 Å². The molecule has 1 unspecified atom stereocenters. The Bertz CT molecular complexity index is 913. The third-order valence-electron chi connectivity index (χ3n) is 5.54. The molecule has 0 radical (unpaired) electrons. The normalized spacial score (nSPS) is 26.6. The van der Waals surface area contributed by atoms with Gasteiger partial charge in [0.1, 0.15) is 5.75 Å². The van der Waals surface area contributed by atoms with Crippen LogP contribution in [-0.2, 0) is 10.4 Å². The van der Waals surface area contributed by atoms with Crippen LogP contribution in [0.5, 0.6) is 17.2 Å². The average molecular weight is 353 g/mol. The van der Waals surface area contributed by atoms with E-state index in [4.69, 9.17) is 9.47 Å². The zero-order valence-corrected chi connectivity index (χ0v) is 14.2. The van der Waals surface area contributed by atoms with E-state index in [9.17, 15) is 15.0 Å². The van der Waals surface area contributed by atoms with Gasteiger partial charge < -0.3 is 24.6 Å². The highest BCUT2D eigenvalue weighted by Crippen LogP contribution is 2.49. The summed E-state index contributed by atoms with van der Waals surface area (Å²) >= 11 is 0. The van der Waals surface area contributed by atoms with Crippen molar-refractivity contribution >= 4 is 5.78 Å². The molecule has 134 valence electrons. The Balaban J connectivity index is 1.75. The molecular weight excluding hydrogens is 334 g/mol. The summed E-state index contributed by atoms with van der Waals surface area (Å²) < 4.78 is 10.7. The third-order valence-corrected chi connectivity index (χ3v) is 5.54. The van der Waals surface area contributed by atoms with Crippen LogP contribution < -0.4 is 9.47 Å². The number of benzene rings is 1. The van der Waals surface area contributed by atoms with Crippen molar-refractivity contribution in [2.75, 3.05) is 19.9 Å². The van der Waals surface area contributed by atoms with Crippen LogP contribution in [0.1, 0.15) is 24.8 Å². The summed E-state index contributed by atoms with van der Waals surface area (Å²) in [5.41, 5.74) is 0.593. The lowest BCUT2D eigenvalue weighted by atomic mass is 9.75. The number of rotatable bonds is 1. The van der Waals surface area contributed by atoms with Crippen LogP contribution in [-0.4, -0.2) is 40.8 Å². The Labute approximate surface area is 150 Å². The predicted molar refractivity (Wildman–Crippen MR) is 92.8 cm³/mol. The number of hydrogen-bond acceptors (Lipinski definition) is 6. The van der Waals surface area contributed by atoms with E-state index in [0.717, 1.165) is 43.6 Å². The zero-order valence-electron chi connectivity index (χ0n) is 14.2. The lowest BCUT2D eigenvalue weighted by Gasteiger charge is -2.36. The van der Waals surface area contributed by atoms with Gasteiger partial charge in [0.05, 0.1) is 0 Å². The highest BCUT2D eigenvalue weighted by atomic mass is 16.7. The number of ketones is 1. The van der Waals surface area contributed by atoms with Crippen molar-refractivity contribution in [3.63, 3.8) is 0 Å². The molecule has 1 atom stereocenters. The van der Waals surface area contributed by atoms with Gasteiger partial charge >= 0.3 is 0 Å². The minimum absolute atomic E-state index is 0.0519. The second kappa shape index (κ2) is 5.38. The van der Waals surface area contributed by atoms with E-state index in [0.29, 0.717) is 17.1 Å². The number of allylic oxidation sites excluding steroid dienone is 2. The minimum Gasteiger partial charge on any atom is -0.507 e. The van der Waals surface area contributed by atoms with Crippen LogP contribution in [0.15, 0.2) is 47.2 Å². The molecule has 5 rings (SSSR count). The molecule has 0 bridgehead atoms. The van der Waals surface area contributed by atoms with Crippen molar-refractivity contribution in [1.82, 2.24) is 4.90 Å². The fourth-order valence-corrected chi connectivity index (χ4v) is 4.26. The summed E-state index contributed by atoms with van der Waals surface area (Å²) in [6, 6.07) is 2.90. The maximum absolute atomic E-state index is 13.0. The van der Waals surface area contributed by atoms with Gasteiger partial charge in [-0.3, -0.25) is 4.79 Å². The van der Waals surface area contributed by atoms with E-state index >= 15 is 0 Å². The van der Waals surface area contributed by atoms with Crippen molar-refractivity contribution in [2.24, 2.45) is 0 Å². The van der Waals surface area contributed by atoms with Crippen molar-refractivity contribution in [3.8, 4) is 17.2 Å². The average Bonchev–Trinajstić information content (AvgIpc) is 3.20. The molecule has 3 heterocycles. The minimum atomic E-state index is -1.94. The van der Waals surface area contributed by atoms with Gasteiger partial charge in [0.25, 0.3) is 0 Å². The Kier molecular flexibility index (Phi) is 3.21. The van der Waals surface area contributed by atoms with Crippen LogP contribution in [0, 0.1) is 0 Å². The number of nitrogens with zero attached hydrogens (tertiary/aromatic N) is 1. The van der Waals surface area contributed by atoms with E-state index in [1.807, 2.05) is 12.2 Å². The first-order valence-corrected chi connectivity index (χ1v) is 8.86. The van der Waals surface area contributed by atoms with Gasteiger partial charge in [0.2, 0.25) is 6.79 Å². The van der Waals surface area contributed by atoms with Gasteiger partial charge in [-0.1, -0.05) is 12.2 Å². The predicted octanol–water partition coefficient (Wildman–Crippen LogP) is 2.13. The third kappa shape index (κ3) is 1.99. The van der Waals surface area contributed by atoms with Crippen LogP contribution in [0.25, 0.3) is 0 Å². The van der Waals surface area contributed by atoms with Gasteiger partial charge in [0, 0.05) is 36.0 Å². The monoisotopic (exact) mass is 353 g/mol. The van der Waals surface area contributed by atoms with E-state index < -0.39 is 11.4 Å². The Morgan fingerprint density at radius 2 is 1.96 bits per heavy atom. The number of fused-ring (bicyclic) bond motifs is 1. The number of aliphatic hydroxyl groups is 1. The van der Waals surface area contributed by atoms with Gasteiger partial charge in [-0.2, -0.15) is 0 Å². The number of phenolic OH excluding ortho intramolecular Hbond substituents is 1. The second-order valence-corrected chi connectivity index (χ2v) is 7.01. The number of phenols is 1. The topological polar surface area (TPSA) is 79.2 Å². The van der Waals surface area contributed by atoms with Crippen molar-refractivity contribution < 1.29 is 24.5 Å². The SMILES string of the molecule is O=C1C=C2CCN3CCCC=CC(=C23)C1(O)c1cc2c(cc1O)OCO2. The second-order valence-electron chi connectivity index (χ2n) is 7.01. The molecule has 6 heteroatoms. The summed E-state index contributed by atoms with van der Waals surface area (Å²) in [5.74, 6) is 0.197. The summed E-state index contributed by atoms with van der Waals surface area (Å²) in [5, 5.41) is 22.2. The Hall–Kier alpha value is -2.73. The van der Waals surface area contributed by atoms with Crippen LogP contribution in [0.3, 0.4) is 0 Å². The zero-order chi connectivity index (χ0) is 17.9. The number of ether oxygens (including phenoxy) is 2. The molecule has 6 nitrogen and oxygen atoms in total. The quantitative estimate of drug-likeness (QED) is 0.805. The molecule has 1 fully saturated rings. The standard InChI is InChI=1S/C20H19NO5/c22-15-10-17-16(25-11-26-17)9-14(15)20(24)13-4-2-1-3-6-21-7-5-12(19(13)21)8-18(20)23/h2,4,8-10,22,24H,1,3,5-7,11H2. The molecular formula is C20H19NO5. The first-order valence-electron chi connectivity index (χ1n) is 8.86. The smallest absolute Gasteiger partial charge is 0.231 e. The van der Waals surface area contributed by atoms with Crippen molar-refractivity contribution in [3.05, 3.63) is 52.8 Å². The fourth-order valence-electron chi connectivity index (χ4n) is 4.26. The maximum atomic E-state index is 13.0. The Morgan fingerprint density at radius 1 is 1.15 bits per heavy atom. The first-order chi connectivity index (χ1) is 12.6. The van der Waals surface area contributed by atoms with E-state index in [-0.39, 0.29) is 18.1 Å². The molecule has 0 spiro atoms. The molecule has 1 aromatic carbocycles. The molecule has 4 aliphatic rings. The molecule has 0 saturated carbocycles. The summed E-state index contributed by atoms with van der Waals surface area (Å²) in [7, 11) is 0. The number of hydrogen-bond donors (Lipinski definition) is 2. The Morgan fingerprint density at radius 3 is 2.81 bits per heavy atom. The number of aromatic hydroxyl groups is 1. The highest BCUT2D eigenvalue weighted by Gasteiger charge is 2.49. The van der Waals surface area contributed by atoms with Gasteiger partial charge in [-0.15, -0.1) is 0 Å². The molecule has 1 aromatic rings. The lowest BCUT2D eigenvalue weighted by Crippen LogP contribution is -2.41. The molecule has 1 saturated heterocycles. The van der Waals surface area contributed by atoms with E-state index in [1.54, 1.807) is 0 Å². The first kappa shape index (κ1) is 15.5. The van der Waals surface area contributed by atoms with Crippen LogP contribution in [0.2, 0.25) is 0 Å². The van der Waals surface area contributed by atoms with Gasteiger partial charge in [-0.25, -0.2) is 0 Å². The van der Waals surface area contributed by atoms with Crippen LogP contribution >= 0.6 is 0 Å². The lowest BCUT2D eigenvalue weighted by molar-refractivity contribution is -0.129. The highest BCUT2D eigenvalue weighted by molar-refractivity contribution is 6.04. The van der Waals surface area contributed by atoms with E-state index in [1.165, 1.54) is 18.2 Å². The molecule has 0 amide bonds. The molecule has 1 aliphatic carbocycles. The number of carbonyl (C=O) groups is 1. The van der Waals surface area contributed by atoms with E-state index in [2.05, 4.69) is 4.90 Å². The fraction of sp³-hybridized carbons (Fsp3) is 0.350. The van der Waals surface area contributed by atoms with Crippen molar-refractivity contribution in [1.29, 1.82) is 0 Å². The summed E-state index contributed by atoms with van der Waals surface area (Å²) in [4.78, 5) is 15.2. The maximum Gasteiger partial charge on any atom is 0.231 e. The molecule has 3 aliphatic heterocycles. The molecule has 0 aromatic heterocycles. The molecule has 2 N–H and O–H groups in total. The molecule has 26 heavy (non-hydrogen) atoms. The largest absolute Gasteiger partial charge is 0.507 e.